The highest BCUT2D eigenvalue weighted by Gasteiger charge is 2.29. The number of carboxylic acid groups (broad SMARTS) is 1. The Hall–Kier alpha value is -3.22. The molecule has 122 valence electrons. The van der Waals surface area contributed by atoms with E-state index in [4.69, 9.17) is 0 Å². The van der Waals surface area contributed by atoms with Crippen molar-refractivity contribution < 1.29 is 14.7 Å². The zero-order chi connectivity index (χ0) is 17.4. The molecule has 0 spiro atoms. The van der Waals surface area contributed by atoms with E-state index in [0.29, 0.717) is 17.0 Å². The molecule has 0 atom stereocenters. The van der Waals surface area contributed by atoms with Crippen molar-refractivity contribution in [2.45, 2.75) is 13.8 Å². The molecule has 0 fully saturated rings. The summed E-state index contributed by atoms with van der Waals surface area (Å²) in [6.07, 6.45) is 3.46. The largest absolute Gasteiger partial charge is 0.545 e. The van der Waals surface area contributed by atoms with Gasteiger partial charge in [0.15, 0.2) is 0 Å². The van der Waals surface area contributed by atoms with Gasteiger partial charge < -0.3 is 9.90 Å². The fourth-order valence-corrected chi connectivity index (χ4v) is 2.41. The number of carboxylic acids is 1. The quantitative estimate of drug-likeness (QED) is 0.785. The highest BCUT2D eigenvalue weighted by atomic mass is 16.4. The van der Waals surface area contributed by atoms with Crippen LogP contribution in [0.4, 0.5) is 5.69 Å². The molecule has 2 aromatic rings. The Labute approximate surface area is 138 Å². The molecule has 7 nitrogen and oxygen atoms in total. The van der Waals surface area contributed by atoms with Gasteiger partial charge in [-0.25, -0.2) is 0 Å². The van der Waals surface area contributed by atoms with Crippen molar-refractivity contribution in [1.82, 2.24) is 9.78 Å². The summed E-state index contributed by atoms with van der Waals surface area (Å²) in [5, 5.41) is 20.5. The summed E-state index contributed by atoms with van der Waals surface area (Å²) in [5.74, 6) is -1.53. The second kappa shape index (κ2) is 5.77. The van der Waals surface area contributed by atoms with Gasteiger partial charge in [-0.3, -0.25) is 9.48 Å². The minimum absolute atomic E-state index is 0.0489. The van der Waals surface area contributed by atoms with Crippen LogP contribution in [-0.2, 0) is 11.8 Å². The van der Waals surface area contributed by atoms with Gasteiger partial charge >= 0.3 is 0 Å². The van der Waals surface area contributed by atoms with Crippen LogP contribution >= 0.6 is 0 Å². The number of aryl methyl sites for hydroxylation is 1. The van der Waals surface area contributed by atoms with Gasteiger partial charge in [0.2, 0.25) is 0 Å². The van der Waals surface area contributed by atoms with E-state index >= 15 is 0 Å². The number of benzene rings is 1. The number of hydrazone groups is 1. The van der Waals surface area contributed by atoms with Gasteiger partial charge in [0.25, 0.3) is 5.91 Å². The normalized spacial score (nSPS) is 16.0. The minimum atomic E-state index is -1.26. The van der Waals surface area contributed by atoms with Crippen LogP contribution in [0, 0.1) is 6.92 Å². The van der Waals surface area contributed by atoms with Crippen LogP contribution in [0.3, 0.4) is 0 Å². The maximum atomic E-state index is 12.6. The van der Waals surface area contributed by atoms with Gasteiger partial charge in [0, 0.05) is 18.3 Å². The first-order valence-corrected chi connectivity index (χ1v) is 7.30. The average Bonchev–Trinajstić information content (AvgIpc) is 3.02. The molecule has 0 aliphatic carbocycles. The smallest absolute Gasteiger partial charge is 0.280 e. The van der Waals surface area contributed by atoms with Gasteiger partial charge in [0.1, 0.15) is 0 Å². The number of hydrogen-bond acceptors (Lipinski definition) is 5. The van der Waals surface area contributed by atoms with E-state index < -0.39 is 5.97 Å². The van der Waals surface area contributed by atoms with Crippen molar-refractivity contribution in [2.75, 3.05) is 5.01 Å². The summed E-state index contributed by atoms with van der Waals surface area (Å²) in [5.41, 5.74) is 3.41. The van der Waals surface area contributed by atoms with Crippen molar-refractivity contribution >= 4 is 29.4 Å². The summed E-state index contributed by atoms with van der Waals surface area (Å²) < 4.78 is 1.73. The van der Waals surface area contributed by atoms with Gasteiger partial charge in [0.05, 0.1) is 29.1 Å². The Bertz CT molecular complexity index is 891. The third-order valence-electron chi connectivity index (χ3n) is 3.98. The summed E-state index contributed by atoms with van der Waals surface area (Å²) in [6, 6.07) is 5.82. The molecular formula is C17H15N4O3-. The maximum Gasteiger partial charge on any atom is 0.280 e. The van der Waals surface area contributed by atoms with E-state index in [0.717, 1.165) is 11.3 Å². The topological polar surface area (TPSA) is 90.6 Å². The lowest BCUT2D eigenvalue weighted by Crippen LogP contribution is -2.23. The molecule has 0 unspecified atom stereocenters. The number of aromatic nitrogens is 2. The summed E-state index contributed by atoms with van der Waals surface area (Å²) in [6.45, 7) is 3.67. The molecule has 3 rings (SSSR count). The molecule has 1 amide bonds. The van der Waals surface area contributed by atoms with E-state index in [-0.39, 0.29) is 11.5 Å². The zero-order valence-corrected chi connectivity index (χ0v) is 13.5. The number of amides is 1. The highest BCUT2D eigenvalue weighted by molar-refractivity contribution is 6.32. The minimum Gasteiger partial charge on any atom is -0.545 e. The third-order valence-corrected chi connectivity index (χ3v) is 3.98. The first-order valence-electron chi connectivity index (χ1n) is 7.30. The van der Waals surface area contributed by atoms with E-state index in [1.54, 1.807) is 23.9 Å². The lowest BCUT2D eigenvalue weighted by atomic mass is 10.1. The van der Waals surface area contributed by atoms with Crippen molar-refractivity contribution in [3.8, 4) is 0 Å². The van der Waals surface area contributed by atoms with Gasteiger partial charge in [-0.15, -0.1) is 0 Å². The monoisotopic (exact) mass is 323 g/mol. The molecule has 0 saturated carbocycles. The van der Waals surface area contributed by atoms with Crippen molar-refractivity contribution in [3.05, 3.63) is 52.9 Å². The molecule has 0 saturated heterocycles. The standard InChI is InChI=1S/C17H16N4O3/c1-10-15(8-13-9-18-20(3)11(13)2)16(22)21(19-10)14-6-4-12(5-7-14)17(23)24/h4-9H,1-3H3,(H,23,24)/p-1/b15-8+. The van der Waals surface area contributed by atoms with Gasteiger partial charge in [-0.05, 0) is 37.6 Å². The third kappa shape index (κ3) is 2.60. The SMILES string of the molecule is CC1=NN(c2ccc(C(=O)[O-])cc2)C(=O)/C1=C/c1cnn(C)c1C. The van der Waals surface area contributed by atoms with Gasteiger partial charge in [-0.2, -0.15) is 15.2 Å². The van der Waals surface area contributed by atoms with E-state index in [2.05, 4.69) is 10.2 Å². The van der Waals surface area contributed by atoms with E-state index in [1.807, 2.05) is 14.0 Å². The molecule has 1 aromatic carbocycles. The predicted molar refractivity (Wildman–Crippen MR) is 87.3 cm³/mol. The molecule has 2 heterocycles. The number of nitrogens with zero attached hydrogens (tertiary/aromatic N) is 4. The van der Waals surface area contributed by atoms with Crippen LogP contribution < -0.4 is 10.1 Å². The molecule has 0 N–H and O–H groups in total. The Morgan fingerprint density at radius 1 is 1.21 bits per heavy atom. The van der Waals surface area contributed by atoms with Gasteiger partial charge in [-0.1, -0.05) is 12.1 Å². The highest BCUT2D eigenvalue weighted by Crippen LogP contribution is 2.25. The fraction of sp³-hybridized carbons (Fsp3) is 0.176. The Morgan fingerprint density at radius 3 is 2.42 bits per heavy atom. The molecule has 1 aliphatic heterocycles. The van der Waals surface area contributed by atoms with Crippen LogP contribution in [0.2, 0.25) is 0 Å². The second-order valence-corrected chi connectivity index (χ2v) is 5.50. The number of aromatic carboxylic acids is 1. The summed E-state index contributed by atoms with van der Waals surface area (Å²) in [4.78, 5) is 23.4. The van der Waals surface area contributed by atoms with E-state index in [9.17, 15) is 14.7 Å². The van der Waals surface area contributed by atoms with Crippen LogP contribution in [-0.4, -0.2) is 27.4 Å². The number of carbonyl (C=O) groups excluding carboxylic acids is 2. The molecule has 0 radical (unpaired) electrons. The summed E-state index contributed by atoms with van der Waals surface area (Å²) >= 11 is 0. The lowest BCUT2D eigenvalue weighted by Gasteiger charge is -2.12. The van der Waals surface area contributed by atoms with Crippen LogP contribution in [0.5, 0.6) is 0 Å². The number of anilines is 1. The predicted octanol–water partition coefficient (Wildman–Crippen LogP) is 0.898. The average molecular weight is 323 g/mol. The Balaban J connectivity index is 1.93. The summed E-state index contributed by atoms with van der Waals surface area (Å²) in [7, 11) is 1.83. The molecule has 1 aliphatic rings. The number of carbonyl (C=O) groups is 2. The molecule has 24 heavy (non-hydrogen) atoms. The van der Waals surface area contributed by atoms with E-state index in [1.165, 1.54) is 29.3 Å². The first-order chi connectivity index (χ1) is 11.4. The number of rotatable bonds is 3. The molecule has 7 heteroatoms. The molecule has 0 bridgehead atoms. The van der Waals surface area contributed by atoms with Crippen molar-refractivity contribution in [1.29, 1.82) is 0 Å². The molecule has 1 aromatic heterocycles. The van der Waals surface area contributed by atoms with Crippen molar-refractivity contribution in [2.24, 2.45) is 12.1 Å². The lowest BCUT2D eigenvalue weighted by molar-refractivity contribution is -0.255. The van der Waals surface area contributed by atoms with Crippen LogP contribution in [0.15, 0.2) is 41.1 Å². The first kappa shape index (κ1) is 15.7. The number of hydrogen-bond donors (Lipinski definition) is 0. The van der Waals surface area contributed by atoms with Crippen LogP contribution in [0.25, 0.3) is 6.08 Å². The second-order valence-electron chi connectivity index (χ2n) is 5.50. The maximum absolute atomic E-state index is 12.6. The Kier molecular flexibility index (Phi) is 3.76. The fourth-order valence-electron chi connectivity index (χ4n) is 2.41. The van der Waals surface area contributed by atoms with Crippen molar-refractivity contribution in [3.63, 3.8) is 0 Å². The Morgan fingerprint density at radius 2 is 1.88 bits per heavy atom. The molecular weight excluding hydrogens is 308 g/mol. The van der Waals surface area contributed by atoms with Crippen LogP contribution in [0.1, 0.15) is 28.5 Å². The zero-order valence-electron chi connectivity index (χ0n) is 13.5.